The molecule has 1 aliphatic rings. The molecule has 3 rings (SSSR count). The molecular formula is C21H29N3. The van der Waals surface area contributed by atoms with Gasteiger partial charge in [0.2, 0.25) is 0 Å². The summed E-state index contributed by atoms with van der Waals surface area (Å²) in [6, 6.07) is 19.8. The molecule has 2 aromatic carbocycles. The van der Waals surface area contributed by atoms with Gasteiger partial charge in [0, 0.05) is 37.4 Å². The molecule has 1 fully saturated rings. The van der Waals surface area contributed by atoms with Crippen molar-refractivity contribution in [3.05, 3.63) is 65.7 Å². The Balaban J connectivity index is 1.62. The number of anilines is 1. The van der Waals surface area contributed by atoms with E-state index >= 15 is 0 Å². The molecule has 128 valence electrons. The second-order valence-electron chi connectivity index (χ2n) is 7.22. The van der Waals surface area contributed by atoms with Crippen LogP contribution in [0.1, 0.15) is 37.4 Å². The Morgan fingerprint density at radius 3 is 2.50 bits per heavy atom. The van der Waals surface area contributed by atoms with Gasteiger partial charge in [-0.2, -0.15) is 0 Å². The van der Waals surface area contributed by atoms with E-state index < -0.39 is 0 Å². The quantitative estimate of drug-likeness (QED) is 0.794. The van der Waals surface area contributed by atoms with E-state index in [0.29, 0.717) is 18.0 Å². The van der Waals surface area contributed by atoms with Gasteiger partial charge in [-0.3, -0.25) is 4.90 Å². The molecule has 2 atom stereocenters. The number of hydrogen-bond donors (Lipinski definition) is 2. The average Bonchev–Trinajstić information content (AvgIpc) is 3.01. The largest absolute Gasteiger partial charge is 0.398 e. The minimum atomic E-state index is 0.313. The van der Waals surface area contributed by atoms with Gasteiger partial charge in [-0.1, -0.05) is 62.4 Å². The summed E-state index contributed by atoms with van der Waals surface area (Å²) < 4.78 is 0. The van der Waals surface area contributed by atoms with E-state index in [1.54, 1.807) is 0 Å². The normalized spacial score (nSPS) is 19.7. The Labute approximate surface area is 145 Å². The van der Waals surface area contributed by atoms with Gasteiger partial charge in [0.15, 0.2) is 0 Å². The maximum atomic E-state index is 6.21. The van der Waals surface area contributed by atoms with E-state index in [1.165, 1.54) is 17.5 Å². The molecule has 0 spiro atoms. The van der Waals surface area contributed by atoms with Crippen LogP contribution in [0.25, 0.3) is 0 Å². The third-order valence-corrected chi connectivity index (χ3v) is 4.93. The van der Waals surface area contributed by atoms with E-state index in [9.17, 15) is 0 Å². The molecule has 3 nitrogen and oxygen atoms in total. The summed E-state index contributed by atoms with van der Waals surface area (Å²) in [6.45, 7) is 7.83. The van der Waals surface area contributed by atoms with E-state index in [0.717, 1.165) is 25.3 Å². The third-order valence-electron chi connectivity index (χ3n) is 4.93. The summed E-state index contributed by atoms with van der Waals surface area (Å²) in [5.74, 6) is 0.512. The summed E-state index contributed by atoms with van der Waals surface area (Å²) >= 11 is 0. The molecule has 3 heteroatoms. The number of nitrogens with zero attached hydrogens (tertiary/aromatic N) is 1. The first kappa shape index (κ1) is 17.0. The summed E-state index contributed by atoms with van der Waals surface area (Å²) in [6.07, 6.45) is 1.20. The van der Waals surface area contributed by atoms with Crippen molar-refractivity contribution < 1.29 is 0 Å². The lowest BCUT2D eigenvalue weighted by atomic mass is 9.93. The molecule has 24 heavy (non-hydrogen) atoms. The maximum absolute atomic E-state index is 6.21. The number of rotatable bonds is 6. The number of nitrogens with one attached hydrogen (secondary N) is 1. The van der Waals surface area contributed by atoms with Crippen molar-refractivity contribution in [2.75, 3.05) is 18.8 Å². The molecule has 0 aromatic heterocycles. The highest BCUT2D eigenvalue weighted by atomic mass is 15.2. The van der Waals surface area contributed by atoms with Crippen LogP contribution in [-0.4, -0.2) is 24.0 Å². The van der Waals surface area contributed by atoms with Gasteiger partial charge in [-0.25, -0.2) is 0 Å². The highest BCUT2D eigenvalue weighted by molar-refractivity contribution is 5.48. The predicted molar refractivity (Wildman–Crippen MR) is 102 cm³/mol. The lowest BCUT2D eigenvalue weighted by Crippen LogP contribution is -2.37. The lowest BCUT2D eigenvalue weighted by Gasteiger charge is -2.28. The van der Waals surface area contributed by atoms with Crippen LogP contribution in [0, 0.1) is 5.92 Å². The van der Waals surface area contributed by atoms with Crippen LogP contribution in [0.2, 0.25) is 0 Å². The molecule has 1 saturated heterocycles. The van der Waals surface area contributed by atoms with Gasteiger partial charge >= 0.3 is 0 Å². The molecule has 0 radical (unpaired) electrons. The highest BCUT2D eigenvalue weighted by Gasteiger charge is 2.27. The zero-order valence-corrected chi connectivity index (χ0v) is 14.8. The van der Waals surface area contributed by atoms with Crippen molar-refractivity contribution in [1.82, 2.24) is 10.2 Å². The Morgan fingerprint density at radius 1 is 1.08 bits per heavy atom. The Bertz CT molecular complexity index is 639. The number of hydrogen-bond acceptors (Lipinski definition) is 3. The van der Waals surface area contributed by atoms with Crippen LogP contribution in [0.4, 0.5) is 5.69 Å². The van der Waals surface area contributed by atoms with Crippen LogP contribution >= 0.6 is 0 Å². The van der Waals surface area contributed by atoms with Crippen molar-refractivity contribution >= 4 is 5.69 Å². The smallest absolute Gasteiger partial charge is 0.0366 e. The highest BCUT2D eigenvalue weighted by Crippen LogP contribution is 2.28. The fourth-order valence-corrected chi connectivity index (χ4v) is 3.64. The fraction of sp³-hybridized carbons (Fsp3) is 0.429. The van der Waals surface area contributed by atoms with E-state index in [2.05, 4.69) is 66.5 Å². The number of para-hydroxylation sites is 1. The van der Waals surface area contributed by atoms with E-state index in [1.807, 2.05) is 12.1 Å². The summed E-state index contributed by atoms with van der Waals surface area (Å²) in [4.78, 5) is 2.54. The molecule has 2 aromatic rings. The Hall–Kier alpha value is -1.84. The Morgan fingerprint density at radius 2 is 1.79 bits per heavy atom. The van der Waals surface area contributed by atoms with Crippen molar-refractivity contribution in [3.8, 4) is 0 Å². The molecule has 0 amide bonds. The standard InChI is InChI=1S/C21H29N3/c1-16(2)21(19-10-6-7-11-20(19)22)23-18-12-13-24(15-18)14-17-8-4-3-5-9-17/h3-11,16,18,21,23H,12-15,22H2,1-2H3. The molecule has 2 unspecified atom stereocenters. The Kier molecular flexibility index (Phi) is 5.54. The minimum Gasteiger partial charge on any atom is -0.398 e. The minimum absolute atomic E-state index is 0.313. The second-order valence-corrected chi connectivity index (χ2v) is 7.22. The zero-order valence-electron chi connectivity index (χ0n) is 14.8. The summed E-state index contributed by atoms with van der Waals surface area (Å²) in [5, 5.41) is 3.87. The molecule has 0 bridgehead atoms. The monoisotopic (exact) mass is 323 g/mol. The topological polar surface area (TPSA) is 41.3 Å². The lowest BCUT2D eigenvalue weighted by molar-refractivity contribution is 0.304. The van der Waals surface area contributed by atoms with Crippen LogP contribution in [0.5, 0.6) is 0 Å². The maximum Gasteiger partial charge on any atom is 0.0366 e. The van der Waals surface area contributed by atoms with Crippen molar-refractivity contribution in [3.63, 3.8) is 0 Å². The average molecular weight is 323 g/mol. The first-order chi connectivity index (χ1) is 11.6. The number of nitrogens with two attached hydrogens (primary N) is 1. The van der Waals surface area contributed by atoms with Crippen LogP contribution < -0.4 is 11.1 Å². The van der Waals surface area contributed by atoms with Gasteiger partial charge in [0.05, 0.1) is 0 Å². The van der Waals surface area contributed by atoms with E-state index in [-0.39, 0.29) is 0 Å². The molecule has 3 N–H and O–H groups in total. The van der Waals surface area contributed by atoms with Gasteiger partial charge in [0.1, 0.15) is 0 Å². The first-order valence-electron chi connectivity index (χ1n) is 9.00. The van der Waals surface area contributed by atoms with Gasteiger partial charge in [-0.15, -0.1) is 0 Å². The van der Waals surface area contributed by atoms with Gasteiger partial charge in [0.25, 0.3) is 0 Å². The van der Waals surface area contributed by atoms with Crippen molar-refractivity contribution in [1.29, 1.82) is 0 Å². The number of nitrogen functional groups attached to an aromatic ring is 1. The number of likely N-dealkylation sites (tertiary alicyclic amines) is 1. The molecule has 1 aliphatic heterocycles. The molecule has 0 saturated carbocycles. The number of benzene rings is 2. The third kappa shape index (κ3) is 4.16. The van der Waals surface area contributed by atoms with Crippen LogP contribution in [0.15, 0.2) is 54.6 Å². The zero-order chi connectivity index (χ0) is 16.9. The molecular weight excluding hydrogens is 294 g/mol. The second kappa shape index (κ2) is 7.82. The summed E-state index contributed by atoms with van der Waals surface area (Å²) in [7, 11) is 0. The van der Waals surface area contributed by atoms with Crippen LogP contribution in [0.3, 0.4) is 0 Å². The molecule has 1 heterocycles. The van der Waals surface area contributed by atoms with Gasteiger partial charge in [-0.05, 0) is 29.5 Å². The first-order valence-corrected chi connectivity index (χ1v) is 9.00. The summed E-state index contributed by atoms with van der Waals surface area (Å²) in [5.41, 5.74) is 9.73. The van der Waals surface area contributed by atoms with Crippen molar-refractivity contribution in [2.45, 2.75) is 38.9 Å². The molecule has 0 aliphatic carbocycles. The fourth-order valence-electron chi connectivity index (χ4n) is 3.64. The van der Waals surface area contributed by atoms with E-state index in [4.69, 9.17) is 5.73 Å². The van der Waals surface area contributed by atoms with Crippen molar-refractivity contribution in [2.24, 2.45) is 5.92 Å². The predicted octanol–water partition coefficient (Wildman–Crippen LogP) is 3.83. The SMILES string of the molecule is CC(C)C(NC1CCN(Cc2ccccc2)C1)c1ccccc1N. The van der Waals surface area contributed by atoms with Crippen LogP contribution in [-0.2, 0) is 6.54 Å². The van der Waals surface area contributed by atoms with Gasteiger partial charge < -0.3 is 11.1 Å².